The molecular weight excluding hydrogens is 420 g/mol. The highest BCUT2D eigenvalue weighted by molar-refractivity contribution is 5.89. The van der Waals surface area contributed by atoms with Gasteiger partial charge in [0.1, 0.15) is 18.7 Å². The van der Waals surface area contributed by atoms with Crippen molar-refractivity contribution in [3.05, 3.63) is 35.4 Å². The summed E-state index contributed by atoms with van der Waals surface area (Å²) in [5.74, 6) is -2.00. The Kier molecular flexibility index (Phi) is 11.0. The third-order valence-electron chi connectivity index (χ3n) is 6.24. The largest absolute Gasteiger partial charge is 0.481 e. The van der Waals surface area contributed by atoms with Gasteiger partial charge in [-0.05, 0) is 62.1 Å². The number of halogens is 2. The predicted molar refractivity (Wildman–Crippen MR) is 117 cm³/mol. The monoisotopic (exact) mass is 455 g/mol. The normalized spacial score (nSPS) is 22.9. The number of aliphatic hydroxyl groups excluding tert-OH is 2. The number of unbranched alkanes of at least 4 members (excludes halogenated alkanes) is 3. The zero-order valence-corrected chi connectivity index (χ0v) is 18.7. The molecule has 1 aromatic rings. The highest BCUT2D eigenvalue weighted by atomic mass is 19.1. The van der Waals surface area contributed by atoms with Crippen LogP contribution in [-0.2, 0) is 16.1 Å². The number of hydrogen-bond acceptors (Lipinski definition) is 5. The summed E-state index contributed by atoms with van der Waals surface area (Å²) in [6, 6.07) is 3.38. The summed E-state index contributed by atoms with van der Waals surface area (Å²) >= 11 is 0. The van der Waals surface area contributed by atoms with Crippen molar-refractivity contribution in [2.45, 2.75) is 82.8 Å². The zero-order valence-electron chi connectivity index (χ0n) is 18.7. The van der Waals surface area contributed by atoms with Crippen LogP contribution in [0.4, 0.5) is 8.78 Å². The molecule has 0 saturated heterocycles. The van der Waals surface area contributed by atoms with E-state index in [0.717, 1.165) is 37.5 Å². The van der Waals surface area contributed by atoms with E-state index in [1.54, 1.807) is 0 Å². The molecule has 1 aliphatic carbocycles. The van der Waals surface area contributed by atoms with E-state index in [4.69, 9.17) is 9.94 Å². The van der Waals surface area contributed by atoms with Gasteiger partial charge in [-0.3, -0.25) is 4.79 Å². The maximum Gasteiger partial charge on any atom is 0.303 e. The van der Waals surface area contributed by atoms with Crippen LogP contribution >= 0.6 is 0 Å². The molecule has 2 rings (SSSR count). The van der Waals surface area contributed by atoms with Crippen LogP contribution in [0, 0.1) is 23.5 Å². The van der Waals surface area contributed by atoms with E-state index in [-0.39, 0.29) is 18.3 Å². The first kappa shape index (κ1) is 26.2. The smallest absolute Gasteiger partial charge is 0.303 e. The number of carboxylic acid groups (broad SMARTS) is 1. The molecule has 0 amide bonds. The Morgan fingerprint density at radius 1 is 1.12 bits per heavy atom. The predicted octanol–water partition coefficient (Wildman–Crippen LogP) is 4.46. The molecule has 4 atom stereocenters. The molecule has 8 heteroatoms. The molecule has 0 aliphatic heterocycles. The van der Waals surface area contributed by atoms with Gasteiger partial charge in [-0.2, -0.15) is 0 Å². The van der Waals surface area contributed by atoms with Crippen molar-refractivity contribution in [3.63, 3.8) is 0 Å². The van der Waals surface area contributed by atoms with E-state index < -0.39 is 29.8 Å². The lowest BCUT2D eigenvalue weighted by Gasteiger charge is -2.23. The Balaban J connectivity index is 1.84. The van der Waals surface area contributed by atoms with Crippen LogP contribution in [0.15, 0.2) is 23.4 Å². The fraction of sp³-hybridized carbons (Fsp3) is 0.667. The van der Waals surface area contributed by atoms with Gasteiger partial charge < -0.3 is 20.2 Å². The molecule has 6 nitrogen and oxygen atoms in total. The lowest BCUT2D eigenvalue weighted by atomic mass is 9.84. The number of aliphatic carboxylic acids is 1. The number of nitrogens with zero attached hydrogens (tertiary/aromatic N) is 1. The van der Waals surface area contributed by atoms with Gasteiger partial charge in [0.15, 0.2) is 0 Å². The topological polar surface area (TPSA) is 99.4 Å². The Bertz CT molecular complexity index is 738. The van der Waals surface area contributed by atoms with Crippen molar-refractivity contribution in [1.29, 1.82) is 0 Å². The van der Waals surface area contributed by atoms with Crippen molar-refractivity contribution in [2.75, 3.05) is 7.11 Å². The van der Waals surface area contributed by atoms with Crippen LogP contribution in [0.3, 0.4) is 0 Å². The molecule has 1 aromatic carbocycles. The minimum absolute atomic E-state index is 0.00485. The highest BCUT2D eigenvalue weighted by Crippen LogP contribution is 2.37. The number of aryl methyl sites for hydroxylation is 1. The van der Waals surface area contributed by atoms with Crippen molar-refractivity contribution in [1.82, 2.24) is 0 Å². The maximum absolute atomic E-state index is 13.3. The van der Waals surface area contributed by atoms with Crippen LogP contribution < -0.4 is 0 Å². The van der Waals surface area contributed by atoms with E-state index in [0.29, 0.717) is 44.1 Å². The first-order chi connectivity index (χ1) is 15.3. The number of carboxylic acids is 1. The lowest BCUT2D eigenvalue weighted by molar-refractivity contribution is -0.137. The number of rotatable bonds is 14. The Morgan fingerprint density at radius 3 is 2.47 bits per heavy atom. The molecule has 1 fully saturated rings. The van der Waals surface area contributed by atoms with Crippen molar-refractivity contribution >= 4 is 11.7 Å². The van der Waals surface area contributed by atoms with Gasteiger partial charge in [0.25, 0.3) is 0 Å². The van der Waals surface area contributed by atoms with Gasteiger partial charge in [0.2, 0.25) is 0 Å². The van der Waals surface area contributed by atoms with Crippen LogP contribution in [-0.4, -0.2) is 46.3 Å². The molecule has 32 heavy (non-hydrogen) atoms. The summed E-state index contributed by atoms with van der Waals surface area (Å²) in [5.41, 5.74) is 1.32. The van der Waals surface area contributed by atoms with Crippen LogP contribution in [0.2, 0.25) is 0 Å². The number of oxime groups is 1. The highest BCUT2D eigenvalue weighted by Gasteiger charge is 2.39. The summed E-state index contributed by atoms with van der Waals surface area (Å²) in [6.07, 6.45) is 5.50. The van der Waals surface area contributed by atoms with Crippen LogP contribution in [0.25, 0.3) is 0 Å². The lowest BCUT2D eigenvalue weighted by Crippen LogP contribution is -2.22. The van der Waals surface area contributed by atoms with E-state index in [2.05, 4.69) is 5.16 Å². The molecule has 3 N–H and O–H groups in total. The first-order valence-electron chi connectivity index (χ1n) is 11.4. The van der Waals surface area contributed by atoms with Crippen molar-refractivity contribution in [3.8, 4) is 0 Å². The molecule has 1 aliphatic rings. The van der Waals surface area contributed by atoms with Crippen LogP contribution in [0.5, 0.6) is 0 Å². The van der Waals surface area contributed by atoms with Crippen LogP contribution in [0.1, 0.15) is 69.8 Å². The third kappa shape index (κ3) is 8.82. The summed E-state index contributed by atoms with van der Waals surface area (Å²) in [6.45, 7) is 0. The molecule has 0 bridgehead atoms. The Hall–Kier alpha value is -2.06. The zero-order chi connectivity index (χ0) is 23.5. The molecule has 0 spiro atoms. The number of benzene rings is 1. The van der Waals surface area contributed by atoms with Gasteiger partial charge >= 0.3 is 5.97 Å². The molecule has 0 aromatic heterocycles. The van der Waals surface area contributed by atoms with E-state index in [9.17, 15) is 23.8 Å². The number of hydrogen-bond donors (Lipinski definition) is 3. The van der Waals surface area contributed by atoms with E-state index in [1.807, 2.05) is 0 Å². The fourth-order valence-corrected chi connectivity index (χ4v) is 4.64. The second-order valence-corrected chi connectivity index (χ2v) is 8.70. The number of carbonyl (C=O) groups is 1. The van der Waals surface area contributed by atoms with Gasteiger partial charge in [-0.15, -0.1) is 0 Å². The minimum Gasteiger partial charge on any atom is -0.481 e. The summed E-state index contributed by atoms with van der Waals surface area (Å²) in [5, 5.41) is 33.8. The van der Waals surface area contributed by atoms with Gasteiger partial charge in [0, 0.05) is 24.8 Å². The summed E-state index contributed by atoms with van der Waals surface area (Å²) in [4.78, 5) is 15.6. The maximum atomic E-state index is 13.3. The van der Waals surface area contributed by atoms with Crippen molar-refractivity contribution < 1.29 is 33.7 Å². The number of aliphatic hydroxyl groups is 2. The van der Waals surface area contributed by atoms with Crippen molar-refractivity contribution in [2.24, 2.45) is 17.0 Å². The second-order valence-electron chi connectivity index (χ2n) is 8.70. The third-order valence-corrected chi connectivity index (χ3v) is 6.24. The minimum atomic E-state index is -0.780. The molecule has 0 heterocycles. The summed E-state index contributed by atoms with van der Waals surface area (Å²) < 4.78 is 26.7. The molecule has 1 saturated carbocycles. The van der Waals surface area contributed by atoms with E-state index >= 15 is 0 Å². The van der Waals surface area contributed by atoms with Gasteiger partial charge in [-0.1, -0.05) is 24.4 Å². The molecule has 180 valence electrons. The molecule has 0 radical (unpaired) electrons. The fourth-order valence-electron chi connectivity index (χ4n) is 4.64. The quantitative estimate of drug-likeness (QED) is 0.284. The standard InChI is InChI=1S/C24H35F2NO5/c1-32-27-22-15-23(29)21(6-4-2-3-5-7-24(30)31)20(22)11-10-19(28)9-8-16-12-17(25)14-18(26)13-16/h12-14,19-21,23,28-29H,2-11,15H2,1H3,(H,30,31). The average molecular weight is 456 g/mol. The second kappa shape index (κ2) is 13.5. The van der Waals surface area contributed by atoms with Gasteiger partial charge in [0.05, 0.1) is 17.9 Å². The summed E-state index contributed by atoms with van der Waals surface area (Å²) in [7, 11) is 1.47. The SMILES string of the molecule is CON=C1CC(O)C(CCCCCCC(=O)O)C1CCC(O)CCc1cc(F)cc(F)c1. The molecular formula is C24H35F2NO5. The Labute approximate surface area is 188 Å². The van der Waals surface area contributed by atoms with Gasteiger partial charge in [-0.25, -0.2) is 8.78 Å². The molecule has 4 unspecified atom stereocenters. The first-order valence-corrected chi connectivity index (χ1v) is 11.4. The average Bonchev–Trinajstić information content (AvgIpc) is 3.01. The Morgan fingerprint density at radius 2 is 1.81 bits per heavy atom. The van der Waals surface area contributed by atoms with E-state index in [1.165, 1.54) is 19.2 Å².